The minimum absolute atomic E-state index is 0.0663. The first-order valence-electron chi connectivity index (χ1n) is 11.5. The highest BCUT2D eigenvalue weighted by atomic mass is 16.2. The van der Waals surface area contributed by atoms with Crippen LogP contribution >= 0.6 is 0 Å². The fourth-order valence-corrected chi connectivity index (χ4v) is 5.30. The molecule has 3 nitrogen and oxygen atoms in total. The molecule has 0 saturated heterocycles. The minimum Gasteiger partial charge on any atom is -0.294 e. The maximum Gasteiger partial charge on any atom is 0.232 e. The predicted octanol–water partition coefficient (Wildman–Crippen LogP) is 6.57. The number of allylic oxidation sites excluding steroid dienone is 2. The molecule has 0 spiro atoms. The molecule has 1 heterocycles. The summed E-state index contributed by atoms with van der Waals surface area (Å²) in [7, 11) is 0. The second kappa shape index (κ2) is 7.74. The molecular formula is C29H29NO2. The lowest BCUT2D eigenvalue weighted by Gasteiger charge is -2.43. The number of fused-ring (bicyclic) bond motifs is 1. The van der Waals surface area contributed by atoms with E-state index in [1.165, 1.54) is 10.9 Å². The summed E-state index contributed by atoms with van der Waals surface area (Å²) in [5.41, 5.74) is 4.72. The van der Waals surface area contributed by atoms with E-state index in [0.717, 1.165) is 40.7 Å². The molecule has 1 aliphatic carbocycles. The number of rotatable bonds is 3. The normalized spacial score (nSPS) is 20.6. The van der Waals surface area contributed by atoms with E-state index in [1.54, 1.807) is 0 Å². The van der Waals surface area contributed by atoms with Crippen molar-refractivity contribution in [2.45, 2.75) is 52.4 Å². The molecule has 0 radical (unpaired) electrons. The molecule has 0 bridgehead atoms. The summed E-state index contributed by atoms with van der Waals surface area (Å²) in [5.74, 6) is 0.0608. The number of hydrogen-bond acceptors (Lipinski definition) is 2. The highest BCUT2D eigenvalue weighted by molar-refractivity contribution is 6.08. The number of carbonyl (C=O) groups excluding carboxylic acids is 2. The Morgan fingerprint density at radius 2 is 1.62 bits per heavy atom. The fraction of sp³-hybridized carbons (Fsp3) is 0.310. The maximum atomic E-state index is 13.5. The number of anilines is 1. The van der Waals surface area contributed by atoms with Crippen molar-refractivity contribution in [2.24, 2.45) is 5.41 Å². The molecule has 0 N–H and O–H groups in total. The van der Waals surface area contributed by atoms with Crippen molar-refractivity contribution >= 4 is 28.2 Å². The lowest BCUT2D eigenvalue weighted by molar-refractivity contribution is -0.121. The maximum absolute atomic E-state index is 13.5. The predicted molar refractivity (Wildman–Crippen MR) is 130 cm³/mol. The van der Waals surface area contributed by atoms with Gasteiger partial charge in [0.05, 0.1) is 0 Å². The molecule has 0 saturated carbocycles. The monoisotopic (exact) mass is 423 g/mol. The van der Waals surface area contributed by atoms with Gasteiger partial charge in [-0.15, -0.1) is 0 Å². The highest BCUT2D eigenvalue weighted by Gasteiger charge is 2.44. The Kier molecular flexibility index (Phi) is 5.00. The van der Waals surface area contributed by atoms with E-state index in [2.05, 4.69) is 63.2 Å². The van der Waals surface area contributed by atoms with Crippen LogP contribution in [0.5, 0.6) is 0 Å². The number of amides is 1. The van der Waals surface area contributed by atoms with Crippen molar-refractivity contribution < 1.29 is 9.59 Å². The van der Waals surface area contributed by atoms with Crippen LogP contribution in [0.15, 0.2) is 78.0 Å². The third kappa shape index (κ3) is 3.56. The molecule has 3 aromatic carbocycles. The van der Waals surface area contributed by atoms with Crippen LogP contribution in [0.25, 0.3) is 10.8 Å². The van der Waals surface area contributed by atoms with Crippen LogP contribution < -0.4 is 4.90 Å². The lowest BCUT2D eigenvalue weighted by Crippen LogP contribution is -2.43. The van der Waals surface area contributed by atoms with Crippen LogP contribution in [0.4, 0.5) is 5.69 Å². The van der Waals surface area contributed by atoms with E-state index in [9.17, 15) is 9.59 Å². The van der Waals surface area contributed by atoms with E-state index in [4.69, 9.17) is 0 Å². The Labute approximate surface area is 189 Å². The van der Waals surface area contributed by atoms with Crippen LogP contribution in [-0.4, -0.2) is 11.7 Å². The summed E-state index contributed by atoms with van der Waals surface area (Å²) in [6.07, 6.45) is 2.52. The van der Waals surface area contributed by atoms with Gasteiger partial charge in [0.25, 0.3) is 0 Å². The van der Waals surface area contributed by atoms with E-state index in [1.807, 2.05) is 29.2 Å². The summed E-state index contributed by atoms with van der Waals surface area (Å²) < 4.78 is 0. The smallest absolute Gasteiger partial charge is 0.232 e. The van der Waals surface area contributed by atoms with Crippen molar-refractivity contribution in [3.05, 3.63) is 89.1 Å². The summed E-state index contributed by atoms with van der Waals surface area (Å²) in [4.78, 5) is 28.9. The number of hydrogen-bond donors (Lipinski definition) is 0. The molecule has 2 aliphatic rings. The first kappa shape index (κ1) is 20.7. The van der Waals surface area contributed by atoms with Crippen molar-refractivity contribution in [1.82, 2.24) is 0 Å². The lowest BCUT2D eigenvalue weighted by atomic mass is 9.69. The van der Waals surface area contributed by atoms with Gasteiger partial charge < -0.3 is 0 Å². The fourth-order valence-electron chi connectivity index (χ4n) is 5.30. The second-order valence-corrected chi connectivity index (χ2v) is 9.91. The van der Waals surface area contributed by atoms with E-state index < -0.39 is 0 Å². The third-order valence-corrected chi connectivity index (χ3v) is 6.92. The van der Waals surface area contributed by atoms with Gasteiger partial charge in [0.15, 0.2) is 5.78 Å². The molecule has 1 unspecified atom stereocenters. The molecule has 0 aromatic heterocycles. The van der Waals surface area contributed by atoms with Gasteiger partial charge in [-0.2, -0.15) is 0 Å². The van der Waals surface area contributed by atoms with Gasteiger partial charge in [0, 0.05) is 35.7 Å². The van der Waals surface area contributed by atoms with Crippen molar-refractivity contribution in [3.8, 4) is 0 Å². The molecule has 3 heteroatoms. The Balaban J connectivity index is 1.66. The first-order chi connectivity index (χ1) is 15.4. The summed E-state index contributed by atoms with van der Waals surface area (Å²) in [5, 5.41) is 2.31. The van der Waals surface area contributed by atoms with Crippen molar-refractivity contribution in [1.29, 1.82) is 0 Å². The molecule has 5 rings (SSSR count). The highest BCUT2D eigenvalue weighted by Crippen LogP contribution is 2.48. The number of benzene rings is 3. The molecule has 0 fully saturated rings. The second-order valence-electron chi connectivity index (χ2n) is 9.91. The van der Waals surface area contributed by atoms with E-state index in [0.29, 0.717) is 12.8 Å². The summed E-state index contributed by atoms with van der Waals surface area (Å²) in [6.45, 7) is 6.37. The van der Waals surface area contributed by atoms with Crippen LogP contribution in [0.1, 0.15) is 57.1 Å². The van der Waals surface area contributed by atoms with Crippen LogP contribution in [0, 0.1) is 5.41 Å². The Hall–Kier alpha value is -3.20. The largest absolute Gasteiger partial charge is 0.294 e. The van der Waals surface area contributed by atoms with E-state index in [-0.39, 0.29) is 23.0 Å². The standard InChI is InChI=1S/C29H29NO2/c1-4-19-9-13-23(14-10-19)30-25-17-29(2,3)18-26(31)28(25)24(16-27(30)32)22-12-11-20-7-5-6-8-21(20)15-22/h5-15,24H,4,16-18H2,1-3H3. The molecule has 32 heavy (non-hydrogen) atoms. The average molecular weight is 424 g/mol. The van der Waals surface area contributed by atoms with Gasteiger partial charge in [-0.05, 0) is 52.3 Å². The van der Waals surface area contributed by atoms with Crippen LogP contribution in [-0.2, 0) is 16.0 Å². The Morgan fingerprint density at radius 1 is 0.906 bits per heavy atom. The van der Waals surface area contributed by atoms with Gasteiger partial charge in [0.2, 0.25) is 5.91 Å². The van der Waals surface area contributed by atoms with Crippen molar-refractivity contribution in [3.63, 3.8) is 0 Å². The number of Topliss-reactive ketones (excluding diaryl/α,β-unsaturated/α-hetero) is 1. The molecule has 162 valence electrons. The van der Waals surface area contributed by atoms with Crippen molar-refractivity contribution in [2.75, 3.05) is 4.90 Å². The van der Waals surface area contributed by atoms with Gasteiger partial charge in [-0.1, -0.05) is 75.4 Å². The average Bonchev–Trinajstić information content (AvgIpc) is 2.77. The molecular weight excluding hydrogens is 394 g/mol. The van der Waals surface area contributed by atoms with Gasteiger partial charge in [-0.3, -0.25) is 14.5 Å². The zero-order valence-electron chi connectivity index (χ0n) is 19.0. The third-order valence-electron chi connectivity index (χ3n) is 6.92. The number of nitrogens with zero attached hydrogens (tertiary/aromatic N) is 1. The minimum atomic E-state index is -0.183. The SMILES string of the molecule is CCc1ccc(N2C(=O)CC(c3ccc4ccccc4c3)C3=C2CC(C)(C)CC3=O)cc1. The zero-order chi connectivity index (χ0) is 22.5. The van der Waals surface area contributed by atoms with Gasteiger partial charge >= 0.3 is 0 Å². The van der Waals surface area contributed by atoms with Gasteiger partial charge in [-0.25, -0.2) is 0 Å². The summed E-state index contributed by atoms with van der Waals surface area (Å²) in [6, 6.07) is 22.8. The van der Waals surface area contributed by atoms with Gasteiger partial charge in [0.1, 0.15) is 0 Å². The quantitative estimate of drug-likeness (QED) is 0.478. The Morgan fingerprint density at radius 3 is 2.34 bits per heavy atom. The molecule has 1 amide bonds. The number of ketones is 1. The molecule has 1 aliphatic heterocycles. The molecule has 3 aromatic rings. The van der Waals surface area contributed by atoms with Crippen LogP contribution in [0.2, 0.25) is 0 Å². The topological polar surface area (TPSA) is 37.4 Å². The van der Waals surface area contributed by atoms with Crippen LogP contribution in [0.3, 0.4) is 0 Å². The van der Waals surface area contributed by atoms with E-state index >= 15 is 0 Å². The molecule has 1 atom stereocenters. The Bertz CT molecular complexity index is 1250. The number of aryl methyl sites for hydroxylation is 1. The summed E-state index contributed by atoms with van der Waals surface area (Å²) >= 11 is 0. The zero-order valence-corrected chi connectivity index (χ0v) is 19.0. The first-order valence-corrected chi connectivity index (χ1v) is 11.5. The number of carbonyl (C=O) groups is 2.